The number of phenolic OH excluding ortho intramolecular Hbond substituents is 1. The monoisotopic (exact) mass is 268 g/mol. The maximum atomic E-state index is 11.3. The van der Waals surface area contributed by atoms with Gasteiger partial charge in [0.05, 0.1) is 24.1 Å². The number of nitrogens with one attached hydrogen (secondary N) is 1. The number of nitrogens with zero attached hydrogens (tertiary/aromatic N) is 1. The highest BCUT2D eigenvalue weighted by Crippen LogP contribution is 2.25. The fourth-order valence-corrected chi connectivity index (χ4v) is 2.05. The molecule has 5 heteroatoms. The van der Waals surface area contributed by atoms with E-state index in [1.807, 2.05) is 6.07 Å². The summed E-state index contributed by atoms with van der Waals surface area (Å²) < 4.78 is 4.63. The van der Waals surface area contributed by atoms with Crippen LogP contribution in [0.1, 0.15) is 10.4 Å². The highest BCUT2D eigenvalue weighted by molar-refractivity contribution is 5.90. The Kier molecular flexibility index (Phi) is 2.87. The first kappa shape index (κ1) is 12.2. The smallest absolute Gasteiger partial charge is 0.339 e. The van der Waals surface area contributed by atoms with Gasteiger partial charge in [-0.05, 0) is 36.4 Å². The van der Waals surface area contributed by atoms with E-state index in [1.54, 1.807) is 30.3 Å². The number of esters is 1. The lowest BCUT2D eigenvalue weighted by Gasteiger charge is -2.00. The third-order valence-electron chi connectivity index (χ3n) is 3.06. The van der Waals surface area contributed by atoms with Crippen molar-refractivity contribution in [3.8, 4) is 17.1 Å². The molecule has 0 saturated heterocycles. The Labute approximate surface area is 114 Å². The van der Waals surface area contributed by atoms with Gasteiger partial charge < -0.3 is 14.8 Å². The van der Waals surface area contributed by atoms with Crippen molar-refractivity contribution in [3.63, 3.8) is 0 Å². The van der Waals surface area contributed by atoms with Crippen LogP contribution in [-0.4, -0.2) is 28.2 Å². The number of pyridine rings is 1. The number of methoxy groups -OCH3 is 1. The maximum absolute atomic E-state index is 11.3. The summed E-state index contributed by atoms with van der Waals surface area (Å²) in [5, 5.41) is 10.4. The van der Waals surface area contributed by atoms with E-state index in [1.165, 1.54) is 13.3 Å². The third kappa shape index (κ3) is 2.09. The number of carbonyl (C=O) groups excluding carboxylic acids is 1. The largest absolute Gasteiger partial charge is 0.508 e. The maximum Gasteiger partial charge on any atom is 0.339 e. The van der Waals surface area contributed by atoms with Crippen LogP contribution in [-0.2, 0) is 4.74 Å². The zero-order valence-electron chi connectivity index (χ0n) is 10.8. The Hall–Kier alpha value is -2.82. The summed E-state index contributed by atoms with van der Waals surface area (Å²) >= 11 is 0. The number of aromatic amines is 1. The molecule has 0 saturated carbocycles. The highest BCUT2D eigenvalue weighted by Gasteiger charge is 2.08. The van der Waals surface area contributed by atoms with E-state index in [2.05, 4.69) is 14.7 Å². The van der Waals surface area contributed by atoms with E-state index in [9.17, 15) is 9.90 Å². The highest BCUT2D eigenvalue weighted by atomic mass is 16.5. The number of hydrogen-bond acceptors (Lipinski definition) is 4. The molecule has 0 radical (unpaired) electrons. The van der Waals surface area contributed by atoms with Gasteiger partial charge in [0, 0.05) is 17.1 Å². The lowest BCUT2D eigenvalue weighted by Crippen LogP contribution is -2.01. The number of ether oxygens (including phenoxy) is 1. The number of H-pyrrole nitrogens is 1. The number of aromatic nitrogens is 2. The quantitative estimate of drug-likeness (QED) is 0.701. The molecule has 20 heavy (non-hydrogen) atoms. The van der Waals surface area contributed by atoms with Gasteiger partial charge in [-0.2, -0.15) is 0 Å². The minimum atomic E-state index is -0.411. The minimum absolute atomic E-state index is 0.219. The zero-order chi connectivity index (χ0) is 14.1. The van der Waals surface area contributed by atoms with Crippen LogP contribution < -0.4 is 0 Å². The van der Waals surface area contributed by atoms with Gasteiger partial charge >= 0.3 is 5.97 Å². The van der Waals surface area contributed by atoms with Crippen LogP contribution in [0, 0.1) is 0 Å². The Morgan fingerprint density at radius 2 is 2.10 bits per heavy atom. The molecular formula is C15H12N2O3. The number of fused-ring (bicyclic) bond motifs is 1. The molecule has 0 aliphatic carbocycles. The molecule has 3 aromatic rings. The molecule has 2 heterocycles. The molecule has 0 aliphatic rings. The SMILES string of the molecule is COC(=O)c1ccc(-c2cc3cc(O)ccc3[nH]2)nc1. The Bertz CT molecular complexity index is 775. The molecule has 0 spiro atoms. The van der Waals surface area contributed by atoms with E-state index >= 15 is 0 Å². The van der Waals surface area contributed by atoms with Crippen molar-refractivity contribution >= 4 is 16.9 Å². The molecular weight excluding hydrogens is 256 g/mol. The average molecular weight is 268 g/mol. The molecule has 2 aromatic heterocycles. The second kappa shape index (κ2) is 4.70. The van der Waals surface area contributed by atoms with Crippen molar-refractivity contribution in [1.82, 2.24) is 9.97 Å². The summed E-state index contributed by atoms with van der Waals surface area (Å²) in [6.45, 7) is 0. The van der Waals surface area contributed by atoms with Crippen molar-refractivity contribution < 1.29 is 14.6 Å². The van der Waals surface area contributed by atoms with E-state index in [-0.39, 0.29) is 5.75 Å². The van der Waals surface area contributed by atoms with Crippen molar-refractivity contribution in [2.45, 2.75) is 0 Å². The van der Waals surface area contributed by atoms with Gasteiger partial charge in [-0.1, -0.05) is 0 Å². The number of hydrogen-bond donors (Lipinski definition) is 2. The third-order valence-corrected chi connectivity index (χ3v) is 3.06. The summed E-state index contributed by atoms with van der Waals surface area (Å²) in [5.74, 6) is -0.192. The summed E-state index contributed by atoms with van der Waals surface area (Å²) in [7, 11) is 1.33. The molecule has 0 fully saturated rings. The van der Waals surface area contributed by atoms with E-state index in [4.69, 9.17) is 0 Å². The molecule has 0 bridgehead atoms. The molecule has 1 aromatic carbocycles. The van der Waals surface area contributed by atoms with E-state index in [0.717, 1.165) is 16.6 Å². The summed E-state index contributed by atoms with van der Waals surface area (Å²) in [4.78, 5) is 18.8. The lowest BCUT2D eigenvalue weighted by atomic mass is 10.2. The van der Waals surface area contributed by atoms with Crippen molar-refractivity contribution in [2.24, 2.45) is 0 Å². The molecule has 5 nitrogen and oxygen atoms in total. The van der Waals surface area contributed by atoms with Gasteiger partial charge in [0.15, 0.2) is 0 Å². The normalized spacial score (nSPS) is 10.7. The Balaban J connectivity index is 2.00. The van der Waals surface area contributed by atoms with Crippen LogP contribution >= 0.6 is 0 Å². The second-order valence-electron chi connectivity index (χ2n) is 4.38. The average Bonchev–Trinajstić information content (AvgIpc) is 2.89. The van der Waals surface area contributed by atoms with Crippen LogP contribution in [0.3, 0.4) is 0 Å². The zero-order valence-corrected chi connectivity index (χ0v) is 10.8. The minimum Gasteiger partial charge on any atom is -0.508 e. The van der Waals surface area contributed by atoms with E-state index < -0.39 is 5.97 Å². The van der Waals surface area contributed by atoms with Crippen LogP contribution in [0.15, 0.2) is 42.6 Å². The number of benzene rings is 1. The van der Waals surface area contributed by atoms with Gasteiger partial charge in [-0.15, -0.1) is 0 Å². The molecule has 100 valence electrons. The molecule has 0 unspecified atom stereocenters. The summed E-state index contributed by atoms with van der Waals surface area (Å²) in [6, 6.07) is 10.4. The Morgan fingerprint density at radius 1 is 1.25 bits per heavy atom. The van der Waals surface area contributed by atoms with Gasteiger partial charge in [0.1, 0.15) is 5.75 Å². The Morgan fingerprint density at radius 3 is 2.80 bits per heavy atom. The van der Waals surface area contributed by atoms with Gasteiger partial charge in [-0.3, -0.25) is 4.98 Å². The fourth-order valence-electron chi connectivity index (χ4n) is 2.05. The van der Waals surface area contributed by atoms with Crippen molar-refractivity contribution in [1.29, 1.82) is 0 Å². The number of carbonyl (C=O) groups is 1. The molecule has 3 rings (SSSR count). The van der Waals surface area contributed by atoms with Crippen LogP contribution in [0.2, 0.25) is 0 Å². The first-order chi connectivity index (χ1) is 9.67. The van der Waals surface area contributed by atoms with Gasteiger partial charge in [0.2, 0.25) is 0 Å². The van der Waals surface area contributed by atoms with Gasteiger partial charge in [-0.25, -0.2) is 4.79 Å². The second-order valence-corrected chi connectivity index (χ2v) is 4.38. The molecule has 0 amide bonds. The van der Waals surface area contributed by atoms with Gasteiger partial charge in [0.25, 0.3) is 0 Å². The predicted octanol–water partition coefficient (Wildman–Crippen LogP) is 2.72. The van der Waals surface area contributed by atoms with Crippen LogP contribution in [0.5, 0.6) is 5.75 Å². The summed E-state index contributed by atoms with van der Waals surface area (Å²) in [6.07, 6.45) is 1.48. The van der Waals surface area contributed by atoms with Crippen molar-refractivity contribution in [3.05, 3.63) is 48.2 Å². The molecule has 0 atom stereocenters. The first-order valence-corrected chi connectivity index (χ1v) is 6.04. The van der Waals surface area contributed by atoms with Crippen molar-refractivity contribution in [2.75, 3.05) is 7.11 Å². The predicted molar refractivity (Wildman–Crippen MR) is 74.5 cm³/mol. The van der Waals surface area contributed by atoms with Crippen LogP contribution in [0.4, 0.5) is 0 Å². The fraction of sp³-hybridized carbons (Fsp3) is 0.0667. The number of phenols is 1. The van der Waals surface area contributed by atoms with Crippen LogP contribution in [0.25, 0.3) is 22.3 Å². The summed E-state index contributed by atoms with van der Waals surface area (Å²) in [5.41, 5.74) is 2.86. The first-order valence-electron chi connectivity index (χ1n) is 6.04. The molecule has 0 aliphatic heterocycles. The van der Waals surface area contributed by atoms with E-state index in [0.29, 0.717) is 11.3 Å². The molecule has 2 N–H and O–H groups in total. The number of rotatable bonds is 2. The number of aromatic hydroxyl groups is 1. The lowest BCUT2D eigenvalue weighted by molar-refractivity contribution is 0.0600. The standard InChI is InChI=1S/C15H12N2O3/c1-20-15(19)9-2-4-13(16-8-9)14-7-10-6-11(18)3-5-12(10)17-14/h2-8,17-18H,1H3. The topological polar surface area (TPSA) is 75.2 Å².